The molecule has 1 saturated carbocycles. The molecule has 8 nitrogen and oxygen atoms in total. The Morgan fingerprint density at radius 3 is 2.74 bits per heavy atom. The Kier molecular flexibility index (Phi) is 4.31. The number of hydrogen-bond donors (Lipinski definition) is 1. The first-order valence-corrected chi connectivity index (χ1v) is 8.24. The molecule has 0 spiro atoms. The van der Waals surface area contributed by atoms with E-state index in [2.05, 4.69) is 20.4 Å². The Morgan fingerprint density at radius 1 is 1.30 bits per heavy atom. The smallest absolute Gasteiger partial charge is 0.275 e. The molecule has 0 aliphatic heterocycles. The molecule has 1 N–H and O–H groups in total. The zero-order valence-electron chi connectivity index (χ0n) is 14.1. The Balaban J connectivity index is 1.65. The molecule has 4 rings (SSSR count). The maximum absolute atomic E-state index is 12.8. The van der Waals surface area contributed by atoms with Crippen LogP contribution in [0.4, 0.5) is 10.3 Å². The third kappa shape index (κ3) is 3.79. The van der Waals surface area contributed by atoms with Crippen LogP contribution in [-0.2, 0) is 11.3 Å². The summed E-state index contributed by atoms with van der Waals surface area (Å²) in [5, 5.41) is 7.42. The zero-order valence-corrected chi connectivity index (χ0v) is 14.1. The van der Waals surface area contributed by atoms with Gasteiger partial charge in [-0.2, -0.15) is 0 Å². The molecule has 1 fully saturated rings. The summed E-state index contributed by atoms with van der Waals surface area (Å²) in [7, 11) is 5.81. The van der Waals surface area contributed by atoms with E-state index in [1.165, 1.54) is 0 Å². The van der Waals surface area contributed by atoms with Gasteiger partial charge in [0.2, 0.25) is 17.7 Å². The highest BCUT2D eigenvalue weighted by molar-refractivity contribution is 6.33. The molecular formula is C17H13BFN5O3. The van der Waals surface area contributed by atoms with E-state index in [-0.39, 0.29) is 24.5 Å². The lowest BCUT2D eigenvalue weighted by atomic mass is 9.94. The summed E-state index contributed by atoms with van der Waals surface area (Å²) < 4.78 is 19.6. The zero-order chi connectivity index (χ0) is 19.0. The largest absolute Gasteiger partial charge is 0.473 e. The van der Waals surface area contributed by atoms with E-state index in [9.17, 15) is 14.0 Å². The molecule has 27 heavy (non-hydrogen) atoms. The summed E-state index contributed by atoms with van der Waals surface area (Å²) in [4.78, 5) is 32.2. The predicted octanol–water partition coefficient (Wildman–Crippen LogP) is 0.299. The van der Waals surface area contributed by atoms with Crippen LogP contribution in [0.1, 0.15) is 12.8 Å². The van der Waals surface area contributed by atoms with Crippen molar-refractivity contribution in [2.45, 2.75) is 25.5 Å². The maximum atomic E-state index is 12.8. The Morgan fingerprint density at radius 2 is 2.04 bits per heavy atom. The number of fused-ring (bicyclic) bond motifs is 1. The van der Waals surface area contributed by atoms with Crippen molar-refractivity contribution >= 4 is 35.9 Å². The normalized spacial score (nSPS) is 13.5. The van der Waals surface area contributed by atoms with Gasteiger partial charge in [0.1, 0.15) is 20.5 Å². The summed E-state index contributed by atoms with van der Waals surface area (Å²) in [6.45, 7) is -0.374. The number of nitrogens with one attached hydrogen (secondary N) is 1. The van der Waals surface area contributed by atoms with E-state index in [1.807, 2.05) is 0 Å². The van der Waals surface area contributed by atoms with E-state index in [1.54, 1.807) is 18.2 Å². The molecule has 1 aromatic carbocycles. The SMILES string of the molecule is [B]c1ccc2c(=O)n(CC(=O)Nc3ncc(F)cn3)nc(OC3CC3)c2c1. The van der Waals surface area contributed by atoms with Crippen molar-refractivity contribution in [1.29, 1.82) is 0 Å². The second-order valence-electron chi connectivity index (χ2n) is 6.16. The van der Waals surface area contributed by atoms with Gasteiger partial charge in [0.05, 0.1) is 23.2 Å². The lowest BCUT2D eigenvalue weighted by Gasteiger charge is -2.12. The molecule has 2 aromatic heterocycles. The summed E-state index contributed by atoms with van der Waals surface area (Å²) in [5.74, 6) is -1.02. The van der Waals surface area contributed by atoms with Crippen LogP contribution in [0.3, 0.4) is 0 Å². The number of carbonyl (C=O) groups excluding carboxylic acids is 1. The molecule has 134 valence electrons. The first-order chi connectivity index (χ1) is 13.0. The van der Waals surface area contributed by atoms with Crippen molar-refractivity contribution in [1.82, 2.24) is 19.7 Å². The molecule has 0 bridgehead atoms. The third-order valence-electron chi connectivity index (χ3n) is 3.92. The average molecular weight is 365 g/mol. The van der Waals surface area contributed by atoms with E-state index >= 15 is 0 Å². The van der Waals surface area contributed by atoms with Gasteiger partial charge in [-0.1, -0.05) is 17.6 Å². The lowest BCUT2D eigenvalue weighted by Crippen LogP contribution is -2.31. The summed E-state index contributed by atoms with van der Waals surface area (Å²) >= 11 is 0. The number of hydrogen-bond acceptors (Lipinski definition) is 6. The van der Waals surface area contributed by atoms with Crippen molar-refractivity contribution in [3.8, 4) is 5.88 Å². The number of ether oxygens (including phenoxy) is 1. The second-order valence-corrected chi connectivity index (χ2v) is 6.16. The Hall–Kier alpha value is -3.30. The van der Waals surface area contributed by atoms with Crippen LogP contribution < -0.4 is 21.1 Å². The summed E-state index contributed by atoms with van der Waals surface area (Å²) in [6.07, 6.45) is 3.72. The highest BCUT2D eigenvalue weighted by atomic mass is 19.1. The predicted molar refractivity (Wildman–Crippen MR) is 95.7 cm³/mol. The van der Waals surface area contributed by atoms with Crippen LogP contribution in [0.15, 0.2) is 35.4 Å². The molecule has 3 aromatic rings. The summed E-state index contributed by atoms with van der Waals surface area (Å²) in [6, 6.07) is 4.80. The quantitative estimate of drug-likeness (QED) is 0.653. The minimum atomic E-state index is -0.624. The fourth-order valence-electron chi connectivity index (χ4n) is 2.49. The van der Waals surface area contributed by atoms with E-state index in [0.29, 0.717) is 16.2 Å². The monoisotopic (exact) mass is 365 g/mol. The van der Waals surface area contributed by atoms with E-state index < -0.39 is 17.3 Å². The average Bonchev–Trinajstić information content (AvgIpc) is 3.45. The molecule has 1 aliphatic carbocycles. The van der Waals surface area contributed by atoms with Crippen molar-refractivity contribution in [3.05, 3.63) is 46.8 Å². The number of amides is 1. The van der Waals surface area contributed by atoms with Gasteiger partial charge in [0.25, 0.3) is 5.56 Å². The van der Waals surface area contributed by atoms with Crippen molar-refractivity contribution < 1.29 is 13.9 Å². The van der Waals surface area contributed by atoms with Gasteiger partial charge in [-0.3, -0.25) is 14.9 Å². The lowest BCUT2D eigenvalue weighted by molar-refractivity contribution is -0.117. The molecule has 2 radical (unpaired) electrons. The third-order valence-corrected chi connectivity index (χ3v) is 3.92. The van der Waals surface area contributed by atoms with E-state index in [0.717, 1.165) is 29.9 Å². The first-order valence-electron chi connectivity index (χ1n) is 8.24. The van der Waals surface area contributed by atoms with Gasteiger partial charge in [0.15, 0.2) is 5.82 Å². The van der Waals surface area contributed by atoms with Crippen molar-refractivity contribution in [3.63, 3.8) is 0 Å². The molecule has 1 amide bonds. The number of carbonyl (C=O) groups is 1. The molecule has 1 aliphatic rings. The van der Waals surface area contributed by atoms with Crippen LogP contribution in [0.5, 0.6) is 5.88 Å². The molecule has 0 saturated heterocycles. The van der Waals surface area contributed by atoms with Crippen LogP contribution in [0, 0.1) is 5.82 Å². The number of benzene rings is 1. The number of aromatic nitrogens is 4. The van der Waals surface area contributed by atoms with Crippen LogP contribution in [-0.4, -0.2) is 39.6 Å². The highest BCUT2D eigenvalue weighted by Crippen LogP contribution is 2.28. The molecular weight excluding hydrogens is 352 g/mol. The van der Waals surface area contributed by atoms with Gasteiger partial charge in [-0.25, -0.2) is 19.0 Å². The number of anilines is 1. The van der Waals surface area contributed by atoms with Gasteiger partial charge >= 0.3 is 0 Å². The fourth-order valence-corrected chi connectivity index (χ4v) is 2.49. The van der Waals surface area contributed by atoms with Gasteiger partial charge in [-0.05, 0) is 18.9 Å². The topological polar surface area (TPSA) is 99.0 Å². The number of halogens is 1. The Labute approximate surface area is 153 Å². The van der Waals surface area contributed by atoms with Gasteiger partial charge < -0.3 is 4.74 Å². The standard InChI is InChI=1S/C17H13BFN5O3/c18-9-1-4-12-13(5-9)15(27-11-2-3-11)23-24(16(12)26)8-14(25)22-17-20-6-10(19)7-21-17/h1,4-7,11H,2-3,8H2,(H,20,21,22,25). The molecule has 10 heteroatoms. The number of rotatable bonds is 5. The molecule has 2 heterocycles. The van der Waals surface area contributed by atoms with Gasteiger partial charge in [-0.15, -0.1) is 5.10 Å². The minimum Gasteiger partial charge on any atom is -0.473 e. The highest BCUT2D eigenvalue weighted by Gasteiger charge is 2.26. The van der Waals surface area contributed by atoms with Crippen LogP contribution in [0.2, 0.25) is 0 Å². The van der Waals surface area contributed by atoms with E-state index in [4.69, 9.17) is 12.6 Å². The molecule has 0 atom stereocenters. The molecule has 0 unspecified atom stereocenters. The van der Waals surface area contributed by atoms with Crippen molar-refractivity contribution in [2.24, 2.45) is 0 Å². The summed E-state index contributed by atoms with van der Waals surface area (Å²) in [5.41, 5.74) is 0.0246. The van der Waals surface area contributed by atoms with Crippen molar-refractivity contribution in [2.75, 3.05) is 5.32 Å². The number of nitrogens with zero attached hydrogens (tertiary/aromatic N) is 4. The maximum Gasteiger partial charge on any atom is 0.275 e. The Bertz CT molecular complexity index is 1080. The first kappa shape index (κ1) is 17.1. The fraction of sp³-hybridized carbons (Fsp3) is 0.235. The minimum absolute atomic E-state index is 0.0505. The van der Waals surface area contributed by atoms with Crippen LogP contribution in [0.25, 0.3) is 10.8 Å². The second kappa shape index (κ2) is 6.78. The van der Waals surface area contributed by atoms with Gasteiger partial charge in [0, 0.05) is 0 Å². The van der Waals surface area contributed by atoms with Crippen LogP contribution >= 0.6 is 0 Å².